The van der Waals surface area contributed by atoms with Gasteiger partial charge in [-0.1, -0.05) is 19.1 Å². The van der Waals surface area contributed by atoms with Gasteiger partial charge in [0.1, 0.15) is 11.5 Å². The second kappa shape index (κ2) is 6.36. The molecule has 0 aliphatic heterocycles. The summed E-state index contributed by atoms with van der Waals surface area (Å²) in [6, 6.07) is 11.6. The number of amides is 1. The number of carbonyl (C=O) groups is 1. The maximum Gasteiger partial charge on any atom is 0.248 e. The summed E-state index contributed by atoms with van der Waals surface area (Å²) in [5, 5.41) is 3.37. The van der Waals surface area contributed by atoms with Gasteiger partial charge in [-0.25, -0.2) is 0 Å². The lowest BCUT2D eigenvalue weighted by molar-refractivity contribution is 0.1000. The molecule has 1 heterocycles. The minimum absolute atomic E-state index is 0.382. The van der Waals surface area contributed by atoms with Crippen LogP contribution in [0.4, 0.5) is 0 Å². The number of hydrogen-bond donors (Lipinski definition) is 2. The number of primary amides is 1. The van der Waals surface area contributed by atoms with Crippen LogP contribution in [0.2, 0.25) is 0 Å². The van der Waals surface area contributed by atoms with Gasteiger partial charge in [-0.15, -0.1) is 0 Å². The van der Waals surface area contributed by atoms with Crippen LogP contribution in [0.25, 0.3) is 0 Å². The van der Waals surface area contributed by atoms with E-state index in [4.69, 9.17) is 10.2 Å². The van der Waals surface area contributed by atoms with Crippen molar-refractivity contribution in [3.05, 3.63) is 59.0 Å². The quantitative estimate of drug-likeness (QED) is 0.772. The van der Waals surface area contributed by atoms with Gasteiger partial charge < -0.3 is 15.5 Å². The van der Waals surface area contributed by atoms with Gasteiger partial charge in [0, 0.05) is 11.5 Å². The van der Waals surface area contributed by atoms with Gasteiger partial charge in [0.2, 0.25) is 5.91 Å². The molecule has 1 aromatic carbocycles. The number of benzene rings is 1. The molecule has 4 heteroatoms. The van der Waals surface area contributed by atoms with Crippen molar-refractivity contribution in [1.82, 2.24) is 5.32 Å². The Labute approximate surface area is 130 Å². The number of furan rings is 1. The van der Waals surface area contributed by atoms with E-state index in [1.807, 2.05) is 18.2 Å². The summed E-state index contributed by atoms with van der Waals surface area (Å²) >= 11 is 0. The smallest absolute Gasteiger partial charge is 0.248 e. The van der Waals surface area contributed by atoms with Gasteiger partial charge in [-0.3, -0.25) is 4.79 Å². The third-order valence-electron chi connectivity index (χ3n) is 4.26. The van der Waals surface area contributed by atoms with Crippen molar-refractivity contribution in [2.24, 2.45) is 11.7 Å². The Bertz CT molecular complexity index is 663. The van der Waals surface area contributed by atoms with Gasteiger partial charge in [-0.05, 0) is 55.1 Å². The summed E-state index contributed by atoms with van der Waals surface area (Å²) in [5.74, 6) is 3.13. The number of carbonyl (C=O) groups excluding carboxylic acids is 1. The fraction of sp³-hybridized carbons (Fsp3) is 0.389. The molecule has 0 spiro atoms. The first kappa shape index (κ1) is 14.9. The molecule has 0 radical (unpaired) electrons. The van der Waals surface area contributed by atoms with Gasteiger partial charge in [0.15, 0.2) is 0 Å². The SMILES string of the molecule is CC1CC1c1ccc(CNCCc2cccc(C(N)=O)c2)o1. The first-order valence-corrected chi connectivity index (χ1v) is 7.81. The molecule has 1 aliphatic carbocycles. The average Bonchev–Trinajstić information content (AvgIpc) is 3.06. The van der Waals surface area contributed by atoms with Crippen LogP contribution in [0.1, 0.15) is 46.7 Å². The zero-order chi connectivity index (χ0) is 15.5. The van der Waals surface area contributed by atoms with Crippen LogP contribution in [0.3, 0.4) is 0 Å². The Morgan fingerprint density at radius 1 is 1.36 bits per heavy atom. The second-order valence-corrected chi connectivity index (χ2v) is 6.11. The standard InChI is InChI=1S/C18H22N2O2/c1-12-9-16(12)17-6-5-15(22-17)11-20-8-7-13-3-2-4-14(10-13)18(19)21/h2-6,10,12,16,20H,7-9,11H2,1H3,(H2,19,21). The zero-order valence-electron chi connectivity index (χ0n) is 12.8. The predicted octanol–water partition coefficient (Wildman–Crippen LogP) is 2.83. The van der Waals surface area contributed by atoms with Crippen molar-refractivity contribution in [2.45, 2.75) is 32.2 Å². The Balaban J connectivity index is 1.44. The molecule has 0 bridgehead atoms. The van der Waals surface area contributed by atoms with Crippen LogP contribution >= 0.6 is 0 Å². The van der Waals surface area contributed by atoms with Crippen LogP contribution in [-0.2, 0) is 13.0 Å². The Morgan fingerprint density at radius 2 is 2.18 bits per heavy atom. The highest BCUT2D eigenvalue weighted by molar-refractivity contribution is 5.92. The van der Waals surface area contributed by atoms with E-state index in [9.17, 15) is 4.79 Å². The van der Waals surface area contributed by atoms with Gasteiger partial charge in [0.05, 0.1) is 6.54 Å². The summed E-state index contributed by atoms with van der Waals surface area (Å²) in [6.45, 7) is 3.82. The molecular weight excluding hydrogens is 276 g/mol. The van der Waals surface area contributed by atoms with E-state index in [0.29, 0.717) is 11.5 Å². The first-order chi connectivity index (χ1) is 10.6. The molecule has 0 saturated heterocycles. The number of nitrogens with one attached hydrogen (secondary N) is 1. The van der Waals surface area contributed by atoms with E-state index in [0.717, 1.165) is 42.5 Å². The highest BCUT2D eigenvalue weighted by Gasteiger charge is 2.36. The normalized spacial score (nSPS) is 20.0. The fourth-order valence-corrected chi connectivity index (χ4v) is 2.73. The summed E-state index contributed by atoms with van der Waals surface area (Å²) in [4.78, 5) is 11.1. The monoisotopic (exact) mass is 298 g/mol. The molecular formula is C18H22N2O2. The van der Waals surface area contributed by atoms with Crippen LogP contribution in [0.15, 0.2) is 40.8 Å². The molecule has 2 atom stereocenters. The number of hydrogen-bond acceptors (Lipinski definition) is 3. The first-order valence-electron chi connectivity index (χ1n) is 7.81. The molecule has 2 aromatic rings. The molecule has 2 unspecified atom stereocenters. The molecule has 1 aromatic heterocycles. The lowest BCUT2D eigenvalue weighted by Crippen LogP contribution is -2.17. The molecule has 3 N–H and O–H groups in total. The molecule has 116 valence electrons. The minimum Gasteiger partial charge on any atom is -0.464 e. The van der Waals surface area contributed by atoms with E-state index < -0.39 is 0 Å². The van der Waals surface area contributed by atoms with Crippen LogP contribution in [0, 0.1) is 5.92 Å². The van der Waals surface area contributed by atoms with E-state index in [1.165, 1.54) is 6.42 Å². The van der Waals surface area contributed by atoms with Crippen molar-refractivity contribution >= 4 is 5.91 Å². The summed E-state index contributed by atoms with van der Waals surface area (Å²) in [6.07, 6.45) is 2.10. The minimum atomic E-state index is -0.382. The lowest BCUT2D eigenvalue weighted by atomic mass is 10.1. The summed E-state index contributed by atoms with van der Waals surface area (Å²) in [5.41, 5.74) is 6.96. The van der Waals surface area contributed by atoms with Crippen LogP contribution < -0.4 is 11.1 Å². The third-order valence-corrected chi connectivity index (χ3v) is 4.26. The topological polar surface area (TPSA) is 68.3 Å². The van der Waals surface area contributed by atoms with Gasteiger partial charge in [-0.2, -0.15) is 0 Å². The molecule has 1 saturated carbocycles. The molecule has 3 rings (SSSR count). The highest BCUT2D eigenvalue weighted by atomic mass is 16.3. The Morgan fingerprint density at radius 3 is 2.91 bits per heavy atom. The van der Waals surface area contributed by atoms with Crippen molar-refractivity contribution < 1.29 is 9.21 Å². The maximum atomic E-state index is 11.1. The van der Waals surface area contributed by atoms with Crippen molar-refractivity contribution in [3.8, 4) is 0 Å². The van der Waals surface area contributed by atoms with E-state index in [1.54, 1.807) is 6.07 Å². The molecule has 1 aliphatic rings. The third kappa shape index (κ3) is 3.57. The van der Waals surface area contributed by atoms with Crippen LogP contribution in [-0.4, -0.2) is 12.5 Å². The number of rotatable bonds is 7. The Kier molecular flexibility index (Phi) is 4.29. The average molecular weight is 298 g/mol. The van der Waals surface area contributed by atoms with E-state index >= 15 is 0 Å². The fourth-order valence-electron chi connectivity index (χ4n) is 2.73. The molecule has 1 amide bonds. The van der Waals surface area contributed by atoms with Gasteiger partial charge in [0.25, 0.3) is 0 Å². The molecule has 1 fully saturated rings. The van der Waals surface area contributed by atoms with Crippen molar-refractivity contribution in [1.29, 1.82) is 0 Å². The van der Waals surface area contributed by atoms with Crippen molar-refractivity contribution in [2.75, 3.05) is 6.54 Å². The summed E-state index contributed by atoms with van der Waals surface area (Å²) < 4.78 is 5.86. The zero-order valence-corrected chi connectivity index (χ0v) is 12.8. The Hall–Kier alpha value is -2.07. The summed E-state index contributed by atoms with van der Waals surface area (Å²) in [7, 11) is 0. The van der Waals surface area contributed by atoms with E-state index in [-0.39, 0.29) is 5.91 Å². The predicted molar refractivity (Wildman–Crippen MR) is 85.6 cm³/mol. The highest BCUT2D eigenvalue weighted by Crippen LogP contribution is 2.47. The molecule has 22 heavy (non-hydrogen) atoms. The maximum absolute atomic E-state index is 11.1. The second-order valence-electron chi connectivity index (χ2n) is 6.11. The molecule has 4 nitrogen and oxygen atoms in total. The lowest BCUT2D eigenvalue weighted by Gasteiger charge is -2.04. The van der Waals surface area contributed by atoms with Gasteiger partial charge >= 0.3 is 0 Å². The number of nitrogens with two attached hydrogens (primary N) is 1. The van der Waals surface area contributed by atoms with E-state index in [2.05, 4.69) is 24.4 Å². The van der Waals surface area contributed by atoms with Crippen molar-refractivity contribution in [3.63, 3.8) is 0 Å². The largest absolute Gasteiger partial charge is 0.464 e. The van der Waals surface area contributed by atoms with Crippen LogP contribution in [0.5, 0.6) is 0 Å².